The van der Waals surface area contributed by atoms with Crippen LogP contribution in [0.4, 0.5) is 5.69 Å². The highest BCUT2D eigenvalue weighted by molar-refractivity contribution is 7.92. The Morgan fingerprint density at radius 3 is 2.16 bits per heavy atom. The first-order valence-electron chi connectivity index (χ1n) is 10.0. The van der Waals surface area contributed by atoms with Crippen molar-refractivity contribution in [3.63, 3.8) is 0 Å². The molecule has 0 aliphatic carbocycles. The van der Waals surface area contributed by atoms with Gasteiger partial charge in [0, 0.05) is 5.02 Å². The Morgan fingerprint density at radius 1 is 0.968 bits per heavy atom. The van der Waals surface area contributed by atoms with Gasteiger partial charge in [-0.1, -0.05) is 66.6 Å². The van der Waals surface area contributed by atoms with Crippen LogP contribution in [-0.2, 0) is 14.8 Å². The fourth-order valence-electron chi connectivity index (χ4n) is 3.24. The SMILES string of the molecule is CC[C@H](NC(=O)CN(c1ccc(Cl)cc1)S(=O)(=O)c1ccc(C)cc1)c1ccccc1. The molecule has 0 bridgehead atoms. The van der Waals surface area contributed by atoms with Gasteiger partial charge in [0.05, 0.1) is 16.6 Å². The predicted molar refractivity (Wildman–Crippen MR) is 125 cm³/mol. The molecule has 7 heteroatoms. The lowest BCUT2D eigenvalue weighted by atomic mass is 10.0. The second-order valence-electron chi connectivity index (χ2n) is 7.24. The number of hydrogen-bond donors (Lipinski definition) is 1. The maximum Gasteiger partial charge on any atom is 0.264 e. The number of carbonyl (C=O) groups excluding carboxylic acids is 1. The van der Waals surface area contributed by atoms with Crippen LogP contribution in [0, 0.1) is 6.92 Å². The van der Waals surface area contributed by atoms with Crippen LogP contribution < -0.4 is 9.62 Å². The van der Waals surface area contributed by atoms with Crippen molar-refractivity contribution in [2.45, 2.75) is 31.2 Å². The zero-order valence-corrected chi connectivity index (χ0v) is 19.0. The monoisotopic (exact) mass is 456 g/mol. The van der Waals surface area contributed by atoms with E-state index < -0.39 is 10.0 Å². The maximum atomic E-state index is 13.4. The van der Waals surface area contributed by atoms with E-state index in [4.69, 9.17) is 11.6 Å². The van der Waals surface area contributed by atoms with E-state index in [9.17, 15) is 13.2 Å². The van der Waals surface area contributed by atoms with Crippen LogP contribution >= 0.6 is 11.6 Å². The van der Waals surface area contributed by atoms with Crippen molar-refractivity contribution in [1.82, 2.24) is 5.32 Å². The highest BCUT2D eigenvalue weighted by atomic mass is 35.5. The summed E-state index contributed by atoms with van der Waals surface area (Å²) in [6.07, 6.45) is 0.682. The molecule has 0 aromatic heterocycles. The molecule has 0 radical (unpaired) electrons. The van der Waals surface area contributed by atoms with Crippen LogP contribution in [-0.4, -0.2) is 20.9 Å². The van der Waals surface area contributed by atoms with Crippen LogP contribution in [0.25, 0.3) is 0 Å². The molecule has 0 aliphatic heterocycles. The third-order valence-electron chi connectivity index (χ3n) is 4.96. The lowest BCUT2D eigenvalue weighted by Crippen LogP contribution is -2.42. The quantitative estimate of drug-likeness (QED) is 0.512. The first kappa shape index (κ1) is 22.8. The largest absolute Gasteiger partial charge is 0.348 e. The molecule has 0 aliphatic rings. The Morgan fingerprint density at radius 2 is 1.58 bits per heavy atom. The summed E-state index contributed by atoms with van der Waals surface area (Å²) in [6.45, 7) is 3.51. The molecule has 1 atom stereocenters. The summed E-state index contributed by atoms with van der Waals surface area (Å²) in [5.41, 5.74) is 2.29. The summed E-state index contributed by atoms with van der Waals surface area (Å²) in [6, 6.07) is 22.3. The van der Waals surface area contributed by atoms with Crippen molar-refractivity contribution >= 4 is 33.2 Å². The summed E-state index contributed by atoms with van der Waals surface area (Å²) in [5.74, 6) is -0.388. The summed E-state index contributed by atoms with van der Waals surface area (Å²) >= 11 is 5.98. The Kier molecular flexibility index (Phi) is 7.36. The first-order valence-corrected chi connectivity index (χ1v) is 11.8. The molecular formula is C24H25ClN2O3S. The normalized spacial score (nSPS) is 12.2. The predicted octanol–water partition coefficient (Wildman–Crippen LogP) is 5.11. The van der Waals surface area contributed by atoms with Gasteiger partial charge in [-0.15, -0.1) is 0 Å². The summed E-state index contributed by atoms with van der Waals surface area (Å²) in [7, 11) is -3.96. The van der Waals surface area contributed by atoms with Crippen molar-refractivity contribution in [3.05, 3.63) is 95.0 Å². The van der Waals surface area contributed by atoms with Crippen LogP contribution in [0.1, 0.15) is 30.5 Å². The Bertz CT molecular complexity index is 1120. The molecule has 0 heterocycles. The zero-order chi connectivity index (χ0) is 22.4. The van der Waals surface area contributed by atoms with Crippen molar-refractivity contribution in [2.24, 2.45) is 0 Å². The highest BCUT2D eigenvalue weighted by Crippen LogP contribution is 2.26. The smallest absolute Gasteiger partial charge is 0.264 e. The Hall–Kier alpha value is -2.83. The third kappa shape index (κ3) is 5.66. The van der Waals surface area contributed by atoms with Gasteiger partial charge in [0.1, 0.15) is 6.54 Å². The number of amides is 1. The molecule has 0 saturated carbocycles. The molecule has 1 amide bonds. The van der Waals surface area contributed by atoms with Crippen LogP contribution in [0.5, 0.6) is 0 Å². The highest BCUT2D eigenvalue weighted by Gasteiger charge is 2.28. The molecule has 0 fully saturated rings. The average Bonchev–Trinajstić information content (AvgIpc) is 2.77. The minimum Gasteiger partial charge on any atom is -0.348 e. The van der Waals surface area contributed by atoms with Crippen LogP contribution in [0.2, 0.25) is 5.02 Å². The number of hydrogen-bond acceptors (Lipinski definition) is 3. The van der Waals surface area contributed by atoms with Crippen molar-refractivity contribution in [1.29, 1.82) is 0 Å². The van der Waals surface area contributed by atoms with E-state index in [1.54, 1.807) is 48.5 Å². The standard InChI is InChI=1S/C24H25ClN2O3S/c1-3-23(19-7-5-4-6-8-19)26-24(28)17-27(21-13-11-20(25)12-14-21)31(29,30)22-15-9-18(2)10-16-22/h4-16,23H,3,17H2,1-2H3,(H,26,28)/t23-/m0/s1. The van der Waals surface area contributed by atoms with Gasteiger partial charge in [-0.05, 0) is 55.3 Å². The number of aryl methyl sites for hydroxylation is 1. The van der Waals surface area contributed by atoms with E-state index >= 15 is 0 Å². The number of nitrogens with zero attached hydrogens (tertiary/aromatic N) is 1. The summed E-state index contributed by atoms with van der Waals surface area (Å²) in [4.78, 5) is 13.0. The number of halogens is 1. The Balaban J connectivity index is 1.90. The molecule has 3 rings (SSSR count). The van der Waals surface area contributed by atoms with Gasteiger partial charge in [-0.3, -0.25) is 9.10 Å². The van der Waals surface area contributed by atoms with Gasteiger partial charge in [-0.2, -0.15) is 0 Å². The molecule has 0 saturated heterocycles. The van der Waals surface area contributed by atoms with Crippen molar-refractivity contribution < 1.29 is 13.2 Å². The van der Waals surface area contributed by atoms with Crippen molar-refractivity contribution in [3.8, 4) is 0 Å². The molecule has 162 valence electrons. The van der Waals surface area contributed by atoms with Gasteiger partial charge >= 0.3 is 0 Å². The van der Waals surface area contributed by atoms with Crippen LogP contribution in [0.15, 0.2) is 83.8 Å². The minimum atomic E-state index is -3.96. The molecule has 3 aromatic carbocycles. The van der Waals surface area contributed by atoms with Crippen LogP contribution in [0.3, 0.4) is 0 Å². The number of benzene rings is 3. The number of carbonyl (C=O) groups is 1. The lowest BCUT2D eigenvalue weighted by molar-refractivity contribution is -0.120. The number of anilines is 1. The minimum absolute atomic E-state index is 0.121. The summed E-state index contributed by atoms with van der Waals surface area (Å²) < 4.78 is 27.9. The molecule has 1 N–H and O–H groups in total. The maximum absolute atomic E-state index is 13.4. The molecular weight excluding hydrogens is 432 g/mol. The van der Waals surface area contributed by atoms with Gasteiger partial charge in [0.2, 0.25) is 5.91 Å². The Labute approximate surface area is 188 Å². The van der Waals surface area contributed by atoms with Gasteiger partial charge in [0.25, 0.3) is 10.0 Å². The van der Waals surface area contributed by atoms with E-state index in [-0.39, 0.29) is 23.4 Å². The number of sulfonamides is 1. The second-order valence-corrected chi connectivity index (χ2v) is 9.54. The van der Waals surface area contributed by atoms with Crippen molar-refractivity contribution in [2.75, 3.05) is 10.8 Å². The number of nitrogens with one attached hydrogen (secondary N) is 1. The van der Waals surface area contributed by atoms with E-state index in [0.717, 1.165) is 15.4 Å². The lowest BCUT2D eigenvalue weighted by Gasteiger charge is -2.26. The van der Waals surface area contributed by atoms with Gasteiger partial charge in [0.15, 0.2) is 0 Å². The molecule has 5 nitrogen and oxygen atoms in total. The molecule has 0 spiro atoms. The van der Waals surface area contributed by atoms with E-state index in [2.05, 4.69) is 5.32 Å². The van der Waals surface area contributed by atoms with Gasteiger partial charge < -0.3 is 5.32 Å². The molecule has 3 aromatic rings. The second kappa shape index (κ2) is 9.98. The van der Waals surface area contributed by atoms with E-state index in [1.165, 1.54) is 0 Å². The summed E-state index contributed by atoms with van der Waals surface area (Å²) in [5, 5.41) is 3.44. The van der Waals surface area contributed by atoms with E-state index in [0.29, 0.717) is 17.1 Å². The zero-order valence-electron chi connectivity index (χ0n) is 17.5. The fourth-order valence-corrected chi connectivity index (χ4v) is 4.78. The fraction of sp³-hybridized carbons (Fsp3) is 0.208. The average molecular weight is 457 g/mol. The molecule has 0 unspecified atom stereocenters. The third-order valence-corrected chi connectivity index (χ3v) is 7.00. The van der Waals surface area contributed by atoms with Gasteiger partial charge in [-0.25, -0.2) is 8.42 Å². The number of rotatable bonds is 8. The topological polar surface area (TPSA) is 66.5 Å². The van der Waals surface area contributed by atoms with E-state index in [1.807, 2.05) is 44.2 Å². The molecule has 31 heavy (non-hydrogen) atoms. The first-order chi connectivity index (χ1) is 14.8.